The fraction of sp³-hybridized carbons (Fsp3) is 0.500. The van der Waals surface area contributed by atoms with Crippen LogP contribution in [0.5, 0.6) is 0 Å². The molecule has 47 heavy (non-hydrogen) atoms. The van der Waals surface area contributed by atoms with Gasteiger partial charge in [-0.2, -0.15) is 0 Å². The molecule has 4 heterocycles. The highest BCUT2D eigenvalue weighted by atomic mass is 16.3. The van der Waals surface area contributed by atoms with E-state index in [2.05, 4.69) is 30.6 Å². The number of hydrogen-bond acceptors (Lipinski definition) is 10. The minimum Gasteiger partial charge on any atom is -0.384 e. The van der Waals surface area contributed by atoms with E-state index in [0.29, 0.717) is 16.7 Å². The van der Waals surface area contributed by atoms with Crippen molar-refractivity contribution in [1.82, 2.24) is 35.2 Å². The second kappa shape index (κ2) is 13.8. The van der Waals surface area contributed by atoms with Gasteiger partial charge in [-0.15, -0.1) is 5.10 Å². The molecule has 4 amide bonds. The van der Waals surface area contributed by atoms with Crippen LogP contribution in [0.4, 0.5) is 0 Å². The molecule has 5 rings (SSSR count). The molecular weight excluding hydrogens is 606 g/mol. The molecule has 0 bridgehead atoms. The summed E-state index contributed by atoms with van der Waals surface area (Å²) in [5, 5.41) is 21.3. The Balaban J connectivity index is 1.52. The van der Waals surface area contributed by atoms with Crippen molar-refractivity contribution in [3.63, 3.8) is 0 Å². The second-order valence-corrected chi connectivity index (χ2v) is 12.7. The number of Topliss-reactive ketones (excluding diaryl/α,β-unsaturated/α-hetero) is 1. The van der Waals surface area contributed by atoms with Crippen LogP contribution in [-0.4, -0.2) is 88.7 Å². The number of hydrogen-bond donors (Lipinski definition) is 3. The Bertz CT molecular complexity index is 1720. The van der Waals surface area contributed by atoms with E-state index in [0.717, 1.165) is 32.1 Å². The number of ketones is 1. The summed E-state index contributed by atoms with van der Waals surface area (Å²) in [7, 11) is 0. The predicted molar refractivity (Wildman–Crippen MR) is 169 cm³/mol. The van der Waals surface area contributed by atoms with Crippen LogP contribution in [0, 0.1) is 5.92 Å². The molecule has 1 aliphatic heterocycles. The lowest BCUT2D eigenvalue weighted by Gasteiger charge is -2.27. The van der Waals surface area contributed by atoms with Gasteiger partial charge < -0.3 is 21.1 Å². The second-order valence-electron chi connectivity index (χ2n) is 12.7. The highest BCUT2D eigenvalue weighted by Gasteiger charge is 2.44. The van der Waals surface area contributed by atoms with Gasteiger partial charge in [0.15, 0.2) is 0 Å². The Morgan fingerprint density at radius 1 is 1.11 bits per heavy atom. The molecule has 1 aliphatic carbocycles. The summed E-state index contributed by atoms with van der Waals surface area (Å²) in [5.41, 5.74) is 5.23. The summed E-state index contributed by atoms with van der Waals surface area (Å²) in [6.45, 7) is 4.44. The summed E-state index contributed by atoms with van der Waals surface area (Å²) >= 11 is 0. The van der Waals surface area contributed by atoms with E-state index in [1.165, 1.54) is 35.0 Å². The van der Waals surface area contributed by atoms with Crippen LogP contribution < -0.4 is 11.1 Å². The van der Waals surface area contributed by atoms with Crippen LogP contribution in [0.25, 0.3) is 11.0 Å². The van der Waals surface area contributed by atoms with Crippen molar-refractivity contribution in [1.29, 1.82) is 0 Å². The number of aliphatic hydroxyl groups is 1. The fourth-order valence-electron chi connectivity index (χ4n) is 6.35. The lowest BCUT2D eigenvalue weighted by molar-refractivity contribution is -0.139. The summed E-state index contributed by atoms with van der Waals surface area (Å²) in [4.78, 5) is 79.8. The Kier molecular flexibility index (Phi) is 9.84. The SMILES string of the molecule is CC(NC(=O)[C@@H]1C[C@H](n2nncc2C(C)(C)O)CN1C(=O)C(CC1CCCCC1)=NC(=O)c1ccnc2cccnc12)C(=O)C(N)=O. The molecule has 1 unspecified atom stereocenters. The monoisotopic (exact) mass is 645 g/mol. The lowest BCUT2D eigenvalue weighted by Crippen LogP contribution is -2.52. The van der Waals surface area contributed by atoms with Crippen molar-refractivity contribution in [3.05, 3.63) is 48.0 Å². The highest BCUT2D eigenvalue weighted by molar-refractivity contribution is 6.41. The van der Waals surface area contributed by atoms with Gasteiger partial charge in [0.05, 0.1) is 35.1 Å². The first-order valence-corrected chi connectivity index (χ1v) is 15.7. The maximum absolute atomic E-state index is 14.5. The summed E-state index contributed by atoms with van der Waals surface area (Å²) in [5.74, 6) is -4.05. The molecular formula is C32H39N9O6. The number of aliphatic imine (C=N–C) groups is 1. The lowest BCUT2D eigenvalue weighted by atomic mass is 9.85. The van der Waals surface area contributed by atoms with Crippen molar-refractivity contribution < 1.29 is 29.1 Å². The van der Waals surface area contributed by atoms with Crippen LogP contribution in [0.15, 0.2) is 41.8 Å². The Morgan fingerprint density at radius 2 is 1.85 bits per heavy atom. The predicted octanol–water partition coefficient (Wildman–Crippen LogP) is 1.40. The largest absolute Gasteiger partial charge is 0.384 e. The molecule has 15 nitrogen and oxygen atoms in total. The number of rotatable bonds is 10. The van der Waals surface area contributed by atoms with E-state index >= 15 is 0 Å². The number of carbonyl (C=O) groups is 5. The number of nitrogens with zero attached hydrogens (tertiary/aromatic N) is 7. The zero-order chi connectivity index (χ0) is 33.9. The van der Waals surface area contributed by atoms with Gasteiger partial charge in [-0.05, 0) is 51.3 Å². The molecule has 3 atom stereocenters. The first-order valence-electron chi connectivity index (χ1n) is 15.7. The third-order valence-corrected chi connectivity index (χ3v) is 8.80. The van der Waals surface area contributed by atoms with E-state index in [1.807, 2.05) is 0 Å². The molecule has 4 N–H and O–H groups in total. The summed E-state index contributed by atoms with van der Waals surface area (Å²) in [6, 6.07) is 1.96. The number of nitrogens with one attached hydrogen (secondary N) is 1. The zero-order valence-corrected chi connectivity index (χ0v) is 26.6. The topological polar surface area (TPSA) is 216 Å². The van der Waals surface area contributed by atoms with Crippen LogP contribution in [0.1, 0.15) is 87.8 Å². The highest BCUT2D eigenvalue weighted by Crippen LogP contribution is 2.33. The van der Waals surface area contributed by atoms with Crippen LogP contribution in [-0.2, 0) is 24.8 Å². The van der Waals surface area contributed by atoms with Crippen LogP contribution in [0.3, 0.4) is 0 Å². The number of likely N-dealkylation sites (tertiary alicyclic amines) is 1. The molecule has 1 saturated heterocycles. The smallest absolute Gasteiger partial charge is 0.287 e. The van der Waals surface area contributed by atoms with Crippen molar-refractivity contribution in [2.45, 2.75) is 89.4 Å². The maximum atomic E-state index is 14.5. The Labute approximate surface area is 271 Å². The Morgan fingerprint density at radius 3 is 2.55 bits per heavy atom. The fourth-order valence-corrected chi connectivity index (χ4v) is 6.35. The number of pyridine rings is 2. The summed E-state index contributed by atoms with van der Waals surface area (Å²) < 4.78 is 1.48. The van der Waals surface area contributed by atoms with Crippen molar-refractivity contribution in [2.24, 2.45) is 16.6 Å². The van der Waals surface area contributed by atoms with Crippen LogP contribution in [0.2, 0.25) is 0 Å². The van der Waals surface area contributed by atoms with Crippen LogP contribution >= 0.6 is 0 Å². The van der Waals surface area contributed by atoms with Gasteiger partial charge in [-0.25, -0.2) is 9.67 Å². The molecule has 0 aromatic carbocycles. The Hall–Kier alpha value is -4.92. The third-order valence-electron chi connectivity index (χ3n) is 8.80. The first-order chi connectivity index (χ1) is 22.3. The summed E-state index contributed by atoms with van der Waals surface area (Å²) in [6.07, 6.45) is 9.52. The van der Waals surface area contributed by atoms with Gasteiger partial charge in [0.2, 0.25) is 11.7 Å². The molecule has 2 fully saturated rings. The average molecular weight is 646 g/mol. The third kappa shape index (κ3) is 7.40. The number of carbonyl (C=O) groups excluding carboxylic acids is 5. The van der Waals surface area contributed by atoms with Gasteiger partial charge >= 0.3 is 0 Å². The number of primary amides is 1. The van der Waals surface area contributed by atoms with Gasteiger partial charge in [-0.1, -0.05) is 37.3 Å². The normalized spacial score (nSPS) is 19.8. The first kappa shape index (κ1) is 33.4. The number of amides is 4. The zero-order valence-electron chi connectivity index (χ0n) is 26.6. The maximum Gasteiger partial charge on any atom is 0.287 e. The molecule has 1 saturated carbocycles. The van der Waals surface area contributed by atoms with E-state index in [9.17, 15) is 29.1 Å². The quantitative estimate of drug-likeness (QED) is 0.213. The van der Waals surface area contributed by atoms with Gasteiger partial charge in [0.25, 0.3) is 17.7 Å². The van der Waals surface area contributed by atoms with Crippen molar-refractivity contribution >= 4 is 46.2 Å². The molecule has 2 aliphatic rings. The standard InChI is InChI=1S/C32H39N9O6/c1-18(27(42)28(33)43)37-30(45)24-15-20(41-25(16-36-39-41)32(2,3)47)17-40(24)31(46)23(14-19-8-5-4-6-9-19)38-29(44)21-11-13-34-22-10-7-12-35-26(21)22/h7,10-13,16,18-20,24,47H,4-6,8-9,14-15,17H2,1-3H3,(H2,33,43)(H,37,45)/t18?,20-,24-/m0/s1. The van der Waals surface area contributed by atoms with Crippen molar-refractivity contribution in [2.75, 3.05) is 6.54 Å². The van der Waals surface area contributed by atoms with Gasteiger partial charge in [-0.3, -0.25) is 33.9 Å². The molecule has 3 aromatic rings. The average Bonchev–Trinajstić information content (AvgIpc) is 3.72. The van der Waals surface area contributed by atoms with E-state index in [4.69, 9.17) is 5.73 Å². The van der Waals surface area contributed by atoms with E-state index < -0.39 is 53.1 Å². The minimum absolute atomic E-state index is 0.00352. The number of aromatic nitrogens is 5. The molecule has 0 radical (unpaired) electrons. The van der Waals surface area contributed by atoms with Gasteiger partial charge in [0.1, 0.15) is 22.9 Å². The van der Waals surface area contributed by atoms with Crippen molar-refractivity contribution in [3.8, 4) is 0 Å². The molecule has 15 heteroatoms. The number of fused-ring (bicyclic) bond motifs is 1. The molecule has 248 valence electrons. The minimum atomic E-state index is -1.33. The molecule has 0 spiro atoms. The number of nitrogens with two attached hydrogens (primary N) is 1. The molecule has 3 aromatic heterocycles. The van der Waals surface area contributed by atoms with E-state index in [1.54, 1.807) is 32.2 Å². The van der Waals surface area contributed by atoms with E-state index in [-0.39, 0.29) is 36.6 Å². The van der Waals surface area contributed by atoms with Gasteiger partial charge in [0, 0.05) is 25.4 Å².